The fourth-order valence-electron chi connectivity index (χ4n) is 0.987. The van der Waals surface area contributed by atoms with Crippen molar-refractivity contribution in [3.8, 4) is 0 Å². The van der Waals surface area contributed by atoms with Crippen molar-refractivity contribution in [3.05, 3.63) is 23.4 Å². The average Bonchev–Trinajstić information content (AvgIpc) is 2.22. The van der Waals surface area contributed by atoms with E-state index in [0.717, 1.165) is 0 Å². The van der Waals surface area contributed by atoms with Gasteiger partial charge in [0, 0.05) is 0 Å². The summed E-state index contributed by atoms with van der Waals surface area (Å²) in [6.07, 6.45) is 0. The van der Waals surface area contributed by atoms with Crippen LogP contribution in [-0.4, -0.2) is 9.03 Å². The molecule has 0 aliphatic carbocycles. The van der Waals surface area contributed by atoms with Crippen LogP contribution >= 0.6 is 105 Å². The van der Waals surface area contributed by atoms with E-state index in [1.54, 1.807) is 7.14 Å². The zero-order valence-electron chi connectivity index (χ0n) is 7.68. The standard InChI is InChI=1S/C9H7I6/c1-4-5(10)6(11)9(15-14-3)7(12)8(4)13-2/h2-3H2,1H3/q-1. The Morgan fingerprint density at radius 1 is 1.07 bits per heavy atom. The molecule has 0 aliphatic rings. The SMILES string of the molecule is C=I[I-]c1c(I)c(I)c(C)c(I=C)c1I. The number of halogens is 6. The molecule has 0 saturated heterocycles. The van der Waals surface area contributed by atoms with Gasteiger partial charge in [0.05, 0.1) is 0 Å². The topological polar surface area (TPSA) is 0 Å². The average molecular weight is 877 g/mol. The molecule has 1 aromatic carbocycles. The van der Waals surface area contributed by atoms with E-state index in [1.807, 2.05) is 0 Å². The van der Waals surface area contributed by atoms with Gasteiger partial charge in [0.25, 0.3) is 0 Å². The molecule has 0 radical (unpaired) electrons. The Labute approximate surface area is 158 Å². The molecule has 86 valence electrons. The second-order valence-electron chi connectivity index (χ2n) is 2.50. The Morgan fingerprint density at radius 2 is 1.67 bits per heavy atom. The summed E-state index contributed by atoms with van der Waals surface area (Å²) in [4.78, 5) is 0. The predicted octanol–water partition coefficient (Wildman–Crippen LogP) is 1.96. The number of hydrogen-bond acceptors (Lipinski definition) is 0. The van der Waals surface area contributed by atoms with Gasteiger partial charge in [0.2, 0.25) is 0 Å². The van der Waals surface area contributed by atoms with Gasteiger partial charge in [-0.2, -0.15) is 0 Å². The Kier molecular flexibility index (Phi) is 8.54. The Hall–Kier alpha value is 3.34. The molecular weight excluding hydrogens is 870 g/mol. The Morgan fingerprint density at radius 3 is 2.13 bits per heavy atom. The summed E-state index contributed by atoms with van der Waals surface area (Å²) < 4.78 is 15.9. The fraction of sp³-hybridized carbons (Fsp3) is 0.111. The van der Waals surface area contributed by atoms with Crippen molar-refractivity contribution in [2.75, 3.05) is 0 Å². The molecule has 0 nitrogen and oxygen atoms in total. The van der Waals surface area contributed by atoms with E-state index in [2.05, 4.69) is 83.7 Å². The predicted molar refractivity (Wildman–Crippen MR) is 109 cm³/mol. The molecule has 0 amide bonds. The molecule has 6 heteroatoms. The van der Waals surface area contributed by atoms with E-state index in [4.69, 9.17) is 0 Å². The Balaban J connectivity index is 3.59. The first-order valence-corrected chi connectivity index (χ1v) is 18.4. The quantitative estimate of drug-likeness (QED) is 0.248. The summed E-state index contributed by atoms with van der Waals surface area (Å²) in [6, 6.07) is 0. The summed E-state index contributed by atoms with van der Waals surface area (Å²) in [5, 5.41) is 0. The summed E-state index contributed by atoms with van der Waals surface area (Å²) >= 11 is 7.87. The maximum atomic E-state index is 4.15. The summed E-state index contributed by atoms with van der Waals surface area (Å²) in [5.74, 6) is 0. The molecule has 0 heterocycles. The van der Waals surface area contributed by atoms with E-state index >= 15 is 0 Å². The number of benzene rings is 1. The minimum atomic E-state index is -0.0480. The van der Waals surface area contributed by atoms with Gasteiger partial charge in [0.15, 0.2) is 0 Å². The van der Waals surface area contributed by atoms with Crippen LogP contribution in [0.15, 0.2) is 0 Å². The van der Waals surface area contributed by atoms with E-state index in [1.165, 1.54) is 16.3 Å². The number of hydrogen-bond donors (Lipinski definition) is 0. The molecule has 1 rings (SSSR count). The fourth-order valence-corrected chi connectivity index (χ4v) is 19.8. The van der Waals surface area contributed by atoms with E-state index in [-0.39, 0.29) is 54.7 Å². The van der Waals surface area contributed by atoms with Gasteiger partial charge in [-0.1, -0.05) is 0 Å². The van der Waals surface area contributed by atoms with Crippen molar-refractivity contribution < 1.29 is 17.2 Å². The zero-order chi connectivity index (χ0) is 11.6. The number of rotatable bonds is 3. The normalized spacial score (nSPS) is 10.9. The monoisotopic (exact) mass is 876 g/mol. The van der Waals surface area contributed by atoms with Gasteiger partial charge >= 0.3 is 162 Å². The second kappa shape index (κ2) is 7.81. The molecule has 15 heavy (non-hydrogen) atoms. The first-order valence-electron chi connectivity index (χ1n) is 3.62. The summed E-state index contributed by atoms with van der Waals surface area (Å²) in [7, 11) is 0. The van der Waals surface area contributed by atoms with E-state index < -0.39 is 0 Å². The third-order valence-electron chi connectivity index (χ3n) is 1.68. The maximum absolute atomic E-state index is 4.15. The van der Waals surface area contributed by atoms with Gasteiger partial charge in [-0.3, -0.25) is 0 Å². The van der Waals surface area contributed by atoms with Crippen LogP contribution in [0.3, 0.4) is 0 Å². The minimum absolute atomic E-state index is 0.0480. The molecule has 1 aromatic rings. The van der Waals surface area contributed by atoms with Gasteiger partial charge in [-0.25, -0.2) is 0 Å². The van der Waals surface area contributed by atoms with E-state index in [9.17, 15) is 0 Å². The van der Waals surface area contributed by atoms with Crippen LogP contribution in [0.25, 0.3) is 0 Å². The Bertz CT molecular complexity index is 423. The zero-order valence-corrected chi connectivity index (χ0v) is 20.6. The third kappa shape index (κ3) is 3.90. The van der Waals surface area contributed by atoms with Gasteiger partial charge in [-0.05, 0) is 0 Å². The molecule has 0 fully saturated rings. The molecule has 0 bridgehead atoms. The van der Waals surface area contributed by atoms with Crippen LogP contribution in [0.4, 0.5) is 0 Å². The summed E-state index contributed by atoms with van der Waals surface area (Å²) in [5.41, 5.74) is 1.47. The van der Waals surface area contributed by atoms with Crippen molar-refractivity contribution in [2.24, 2.45) is 0 Å². The molecule has 0 aromatic heterocycles. The van der Waals surface area contributed by atoms with Crippen molar-refractivity contribution >= 4 is 114 Å². The van der Waals surface area contributed by atoms with Crippen LogP contribution in [0.5, 0.6) is 0 Å². The van der Waals surface area contributed by atoms with Crippen molar-refractivity contribution in [1.82, 2.24) is 0 Å². The molecule has 0 saturated carbocycles. The van der Waals surface area contributed by atoms with Gasteiger partial charge in [-0.15, -0.1) is 0 Å². The molecule has 0 N–H and O–H groups in total. The van der Waals surface area contributed by atoms with Crippen LogP contribution in [0.1, 0.15) is 5.56 Å². The van der Waals surface area contributed by atoms with Crippen molar-refractivity contribution in [3.63, 3.8) is 0 Å². The molecule has 0 atom stereocenters. The first kappa shape index (κ1) is 16.4. The van der Waals surface area contributed by atoms with Crippen molar-refractivity contribution in [1.29, 1.82) is 0 Å². The molecular formula is C9H7I6-. The molecule has 0 unspecified atom stereocenters. The first-order chi connectivity index (χ1) is 7.04. The van der Waals surface area contributed by atoms with Crippen LogP contribution in [-0.2, 0) is 0 Å². The van der Waals surface area contributed by atoms with Crippen LogP contribution in [0.2, 0.25) is 0 Å². The third-order valence-corrected chi connectivity index (χ3v) is 17.9. The molecule has 0 spiro atoms. The van der Waals surface area contributed by atoms with Crippen LogP contribution in [0, 0.1) is 24.8 Å². The van der Waals surface area contributed by atoms with Crippen molar-refractivity contribution in [2.45, 2.75) is 6.92 Å². The van der Waals surface area contributed by atoms with Crippen LogP contribution < -0.4 is 17.2 Å². The molecule has 0 aliphatic heterocycles. The second-order valence-corrected chi connectivity index (χ2v) is 16.2. The van der Waals surface area contributed by atoms with Gasteiger partial charge in [0.1, 0.15) is 0 Å². The van der Waals surface area contributed by atoms with Gasteiger partial charge < -0.3 is 0 Å². The van der Waals surface area contributed by atoms with E-state index in [0.29, 0.717) is 0 Å². The summed E-state index contributed by atoms with van der Waals surface area (Å²) in [6.45, 7) is 2.24.